The zero-order valence-electron chi connectivity index (χ0n) is 6.12. The fraction of sp³-hybridized carbons (Fsp3) is 1.00. The van der Waals surface area contributed by atoms with Crippen LogP contribution in [0.25, 0.3) is 0 Å². The number of hydrogen-bond donors (Lipinski definition) is 0. The predicted octanol–water partition coefficient (Wildman–Crippen LogP) is 3.99. The molecule has 0 aliphatic heterocycles. The van der Waals surface area contributed by atoms with Gasteiger partial charge in [0.05, 0.1) is 4.71 Å². The average Bonchev–Trinajstić information content (AvgIpc) is 1.79. The van der Waals surface area contributed by atoms with Crippen molar-refractivity contribution < 1.29 is 13.2 Å². The summed E-state index contributed by atoms with van der Waals surface area (Å²) in [7, 11) is 0. The van der Waals surface area contributed by atoms with Crippen LogP contribution in [0.2, 0.25) is 0 Å². The SMILES string of the molecule is CCCCC(Cl)SC(F)(F)F. The molecule has 0 aromatic heterocycles. The highest BCUT2D eigenvalue weighted by Gasteiger charge is 2.31. The van der Waals surface area contributed by atoms with Crippen molar-refractivity contribution in [2.24, 2.45) is 0 Å². The Morgan fingerprint density at radius 2 is 2.00 bits per heavy atom. The summed E-state index contributed by atoms with van der Waals surface area (Å²) in [6, 6.07) is 0. The molecule has 0 spiro atoms. The van der Waals surface area contributed by atoms with Gasteiger partial charge in [-0.3, -0.25) is 0 Å². The van der Waals surface area contributed by atoms with E-state index in [-0.39, 0.29) is 11.8 Å². The molecule has 0 aromatic carbocycles. The molecule has 0 aliphatic carbocycles. The zero-order valence-corrected chi connectivity index (χ0v) is 7.69. The summed E-state index contributed by atoms with van der Waals surface area (Å²) in [5, 5.41) is 0. The highest BCUT2D eigenvalue weighted by atomic mass is 35.5. The Morgan fingerprint density at radius 3 is 2.36 bits per heavy atom. The predicted molar refractivity (Wildman–Crippen MR) is 42.8 cm³/mol. The molecule has 0 amide bonds. The quantitative estimate of drug-likeness (QED) is 0.627. The second-order valence-electron chi connectivity index (χ2n) is 2.12. The summed E-state index contributed by atoms with van der Waals surface area (Å²) < 4.78 is 34.0. The minimum atomic E-state index is -4.19. The third-order valence-electron chi connectivity index (χ3n) is 1.05. The molecule has 0 saturated heterocycles. The zero-order chi connectivity index (χ0) is 8.91. The van der Waals surface area contributed by atoms with Crippen LogP contribution >= 0.6 is 23.4 Å². The second kappa shape index (κ2) is 5.14. The smallest absolute Gasteiger partial charge is 0.160 e. The lowest BCUT2D eigenvalue weighted by Gasteiger charge is -2.10. The molecule has 0 rings (SSSR count). The fourth-order valence-corrected chi connectivity index (χ4v) is 1.60. The van der Waals surface area contributed by atoms with Crippen LogP contribution < -0.4 is 0 Å². The number of unbranched alkanes of at least 4 members (excludes halogenated alkanes) is 1. The minimum Gasteiger partial charge on any atom is -0.160 e. The van der Waals surface area contributed by atoms with E-state index in [1.165, 1.54) is 0 Å². The second-order valence-corrected chi connectivity index (χ2v) is 4.17. The molecular weight excluding hydrogens is 197 g/mol. The van der Waals surface area contributed by atoms with Crippen molar-refractivity contribution in [2.45, 2.75) is 36.4 Å². The van der Waals surface area contributed by atoms with Gasteiger partial charge in [0.25, 0.3) is 0 Å². The Labute approximate surface area is 73.5 Å². The lowest BCUT2D eigenvalue weighted by atomic mass is 10.3. The van der Waals surface area contributed by atoms with Gasteiger partial charge in [-0.05, 0) is 18.2 Å². The molecule has 0 nitrogen and oxygen atoms in total. The van der Waals surface area contributed by atoms with E-state index in [1.54, 1.807) is 0 Å². The van der Waals surface area contributed by atoms with Crippen LogP contribution in [-0.4, -0.2) is 10.2 Å². The molecule has 68 valence electrons. The van der Waals surface area contributed by atoms with E-state index in [0.29, 0.717) is 6.42 Å². The monoisotopic (exact) mass is 206 g/mol. The molecule has 0 bridgehead atoms. The van der Waals surface area contributed by atoms with E-state index >= 15 is 0 Å². The molecule has 11 heavy (non-hydrogen) atoms. The van der Waals surface area contributed by atoms with Gasteiger partial charge in [-0.1, -0.05) is 19.8 Å². The van der Waals surface area contributed by atoms with Crippen LogP contribution in [0.5, 0.6) is 0 Å². The molecule has 1 atom stereocenters. The first-order chi connectivity index (χ1) is 4.95. The van der Waals surface area contributed by atoms with Gasteiger partial charge in [0.1, 0.15) is 0 Å². The maximum absolute atomic E-state index is 11.6. The van der Waals surface area contributed by atoms with Gasteiger partial charge in [-0.2, -0.15) is 13.2 Å². The van der Waals surface area contributed by atoms with Gasteiger partial charge in [0.15, 0.2) is 0 Å². The summed E-state index contributed by atoms with van der Waals surface area (Å²) >= 11 is 5.25. The molecule has 0 aliphatic rings. The highest BCUT2D eigenvalue weighted by Crippen LogP contribution is 2.37. The first-order valence-corrected chi connectivity index (χ1v) is 4.66. The normalized spacial score (nSPS) is 15.0. The van der Waals surface area contributed by atoms with Crippen LogP contribution in [0.3, 0.4) is 0 Å². The molecular formula is C6H10ClF3S. The van der Waals surface area contributed by atoms with E-state index in [4.69, 9.17) is 11.6 Å². The van der Waals surface area contributed by atoms with Crippen molar-refractivity contribution in [3.8, 4) is 0 Å². The van der Waals surface area contributed by atoms with Crippen molar-refractivity contribution in [1.82, 2.24) is 0 Å². The third kappa shape index (κ3) is 8.34. The third-order valence-corrected chi connectivity index (χ3v) is 2.29. The summed E-state index contributed by atoms with van der Waals surface area (Å²) in [5.41, 5.74) is -4.19. The maximum Gasteiger partial charge on any atom is 0.443 e. The van der Waals surface area contributed by atoms with Crippen LogP contribution in [-0.2, 0) is 0 Å². The lowest BCUT2D eigenvalue weighted by Crippen LogP contribution is -2.06. The molecule has 1 unspecified atom stereocenters. The van der Waals surface area contributed by atoms with E-state index in [9.17, 15) is 13.2 Å². The number of thioether (sulfide) groups is 1. The van der Waals surface area contributed by atoms with Crippen molar-refractivity contribution >= 4 is 23.4 Å². The Kier molecular flexibility index (Phi) is 5.34. The van der Waals surface area contributed by atoms with Gasteiger partial charge in [0, 0.05) is 0 Å². The van der Waals surface area contributed by atoms with Crippen molar-refractivity contribution in [2.75, 3.05) is 0 Å². The van der Waals surface area contributed by atoms with E-state index in [0.717, 1.165) is 12.8 Å². The largest absolute Gasteiger partial charge is 0.443 e. The van der Waals surface area contributed by atoms with Crippen molar-refractivity contribution in [3.05, 3.63) is 0 Å². The molecule has 0 radical (unpaired) electrons. The Morgan fingerprint density at radius 1 is 1.45 bits per heavy atom. The molecule has 0 N–H and O–H groups in total. The maximum atomic E-state index is 11.6. The Bertz CT molecular complexity index is 104. The standard InChI is InChI=1S/C6H10ClF3S/c1-2-3-4-5(7)11-6(8,9)10/h5H,2-4H2,1H3. The minimum absolute atomic E-state index is 0.138. The summed E-state index contributed by atoms with van der Waals surface area (Å²) in [6.07, 6.45) is 2.04. The molecule has 5 heteroatoms. The van der Waals surface area contributed by atoms with Gasteiger partial charge in [0.2, 0.25) is 0 Å². The number of halogens is 4. The van der Waals surface area contributed by atoms with Crippen LogP contribution in [0.1, 0.15) is 26.2 Å². The topological polar surface area (TPSA) is 0 Å². The van der Waals surface area contributed by atoms with Crippen LogP contribution in [0, 0.1) is 0 Å². The average molecular weight is 207 g/mol. The number of alkyl halides is 4. The van der Waals surface area contributed by atoms with Crippen molar-refractivity contribution in [3.63, 3.8) is 0 Å². The van der Waals surface area contributed by atoms with E-state index < -0.39 is 10.2 Å². The number of rotatable bonds is 4. The molecule has 0 heterocycles. The first-order valence-electron chi connectivity index (χ1n) is 3.34. The summed E-state index contributed by atoms with van der Waals surface area (Å²) in [4.78, 5) is 0. The Balaban J connectivity index is 3.44. The highest BCUT2D eigenvalue weighted by molar-refractivity contribution is 8.01. The van der Waals surface area contributed by atoms with Gasteiger partial charge in [-0.25, -0.2) is 0 Å². The summed E-state index contributed by atoms with van der Waals surface area (Å²) in [5.74, 6) is 0. The number of hydrogen-bond acceptors (Lipinski definition) is 1. The van der Waals surface area contributed by atoms with Crippen molar-refractivity contribution in [1.29, 1.82) is 0 Å². The van der Waals surface area contributed by atoms with Gasteiger partial charge < -0.3 is 0 Å². The van der Waals surface area contributed by atoms with Gasteiger partial charge in [-0.15, -0.1) is 11.6 Å². The van der Waals surface area contributed by atoms with E-state index in [2.05, 4.69) is 0 Å². The molecule has 0 saturated carbocycles. The van der Waals surface area contributed by atoms with Crippen LogP contribution in [0.4, 0.5) is 13.2 Å². The first kappa shape index (κ1) is 11.4. The molecule has 0 aromatic rings. The Hall–Kier alpha value is 0.430. The fourth-order valence-electron chi connectivity index (χ4n) is 0.569. The molecule has 0 fully saturated rings. The van der Waals surface area contributed by atoms with Crippen LogP contribution in [0.15, 0.2) is 0 Å². The van der Waals surface area contributed by atoms with Gasteiger partial charge >= 0.3 is 5.51 Å². The van der Waals surface area contributed by atoms with E-state index in [1.807, 2.05) is 6.92 Å². The summed E-state index contributed by atoms with van der Waals surface area (Å²) in [6.45, 7) is 1.92. The lowest BCUT2D eigenvalue weighted by molar-refractivity contribution is -0.0330.